The van der Waals surface area contributed by atoms with Crippen molar-refractivity contribution >= 4 is 33.3 Å². The molecule has 0 radical (unpaired) electrons. The van der Waals surface area contributed by atoms with Gasteiger partial charge < -0.3 is 4.42 Å². The highest BCUT2D eigenvalue weighted by atomic mass is 32.2. The smallest absolute Gasteiger partial charge is 0.263 e. The van der Waals surface area contributed by atoms with Crippen molar-refractivity contribution in [2.24, 2.45) is 0 Å². The van der Waals surface area contributed by atoms with Crippen molar-refractivity contribution in [1.82, 2.24) is 19.7 Å². The average molecular weight is 336 g/mol. The van der Waals surface area contributed by atoms with Gasteiger partial charge in [-0.05, 0) is 26.3 Å². The van der Waals surface area contributed by atoms with Crippen LogP contribution in [0.25, 0.3) is 10.2 Å². The van der Waals surface area contributed by atoms with Crippen molar-refractivity contribution in [1.29, 1.82) is 0 Å². The minimum absolute atomic E-state index is 0.0264. The van der Waals surface area contributed by atoms with Crippen LogP contribution in [0.4, 0.5) is 0 Å². The fourth-order valence-corrected chi connectivity index (χ4v) is 4.19. The second kappa shape index (κ2) is 5.85. The Bertz CT molecular complexity index is 894. The summed E-state index contributed by atoms with van der Waals surface area (Å²) < 4.78 is 7.07. The number of hydrogen-bond donors (Lipinski definition) is 0. The molecular weight excluding hydrogens is 320 g/mol. The molecule has 0 saturated carbocycles. The molecule has 6 nitrogen and oxygen atoms in total. The van der Waals surface area contributed by atoms with Crippen LogP contribution >= 0.6 is 23.1 Å². The van der Waals surface area contributed by atoms with Gasteiger partial charge in [0.05, 0.1) is 11.1 Å². The summed E-state index contributed by atoms with van der Waals surface area (Å²) in [5.41, 5.74) is 1.06. The molecule has 22 heavy (non-hydrogen) atoms. The average Bonchev–Trinajstić information content (AvgIpc) is 3.01. The van der Waals surface area contributed by atoms with Gasteiger partial charge >= 0.3 is 0 Å². The first-order valence-electron chi connectivity index (χ1n) is 6.93. The van der Waals surface area contributed by atoms with Gasteiger partial charge in [0, 0.05) is 18.3 Å². The van der Waals surface area contributed by atoms with E-state index >= 15 is 0 Å². The summed E-state index contributed by atoms with van der Waals surface area (Å²) in [7, 11) is 0. The molecule has 3 aromatic heterocycles. The van der Waals surface area contributed by atoms with Gasteiger partial charge in [-0.15, -0.1) is 21.5 Å². The van der Waals surface area contributed by atoms with Gasteiger partial charge in [0.25, 0.3) is 5.56 Å². The zero-order valence-electron chi connectivity index (χ0n) is 12.8. The van der Waals surface area contributed by atoms with Crippen molar-refractivity contribution in [3.8, 4) is 0 Å². The number of fused-ring (bicyclic) bond motifs is 1. The Balaban J connectivity index is 2.03. The molecule has 0 amide bonds. The molecule has 0 fully saturated rings. The highest BCUT2D eigenvalue weighted by Crippen LogP contribution is 2.29. The Morgan fingerprint density at radius 2 is 2.05 bits per heavy atom. The lowest BCUT2D eigenvalue weighted by atomic mass is 10.2. The van der Waals surface area contributed by atoms with Crippen LogP contribution in [0.2, 0.25) is 0 Å². The fourth-order valence-electron chi connectivity index (χ4n) is 2.22. The minimum Gasteiger partial charge on any atom is -0.425 e. The molecule has 8 heteroatoms. The lowest BCUT2D eigenvalue weighted by molar-refractivity contribution is 0.485. The molecule has 0 N–H and O–H groups in total. The van der Waals surface area contributed by atoms with E-state index in [-0.39, 0.29) is 5.56 Å². The second-order valence-electron chi connectivity index (χ2n) is 4.91. The first-order valence-corrected chi connectivity index (χ1v) is 8.73. The molecule has 0 aliphatic rings. The number of aryl methyl sites for hydroxylation is 3. The standard InChI is InChI=1S/C14H16N4O2S2/c1-5-18-13(19)11-7(2)8(3)22-12(11)15-14(18)21-6-10-17-16-9(4)20-10/h5-6H2,1-4H3. The molecular formula is C14H16N4O2S2. The molecule has 0 saturated heterocycles. The Hall–Kier alpha value is -1.67. The third-order valence-corrected chi connectivity index (χ3v) is 5.52. The molecule has 0 aromatic carbocycles. The largest absolute Gasteiger partial charge is 0.425 e. The van der Waals surface area contributed by atoms with Gasteiger partial charge in [-0.3, -0.25) is 9.36 Å². The molecule has 0 atom stereocenters. The zero-order chi connectivity index (χ0) is 15.9. The summed E-state index contributed by atoms with van der Waals surface area (Å²) in [4.78, 5) is 19.3. The highest BCUT2D eigenvalue weighted by Gasteiger charge is 2.16. The van der Waals surface area contributed by atoms with E-state index < -0.39 is 0 Å². The van der Waals surface area contributed by atoms with Crippen molar-refractivity contribution in [3.63, 3.8) is 0 Å². The molecule has 3 rings (SSSR count). The van der Waals surface area contributed by atoms with E-state index in [9.17, 15) is 4.79 Å². The Morgan fingerprint density at radius 3 is 2.68 bits per heavy atom. The number of thioether (sulfide) groups is 1. The van der Waals surface area contributed by atoms with Crippen LogP contribution in [0.5, 0.6) is 0 Å². The highest BCUT2D eigenvalue weighted by molar-refractivity contribution is 7.98. The molecule has 0 bridgehead atoms. The summed E-state index contributed by atoms with van der Waals surface area (Å²) in [5, 5.41) is 9.21. The van der Waals surface area contributed by atoms with Gasteiger partial charge in [-0.25, -0.2) is 4.98 Å². The Labute approximate surface area is 135 Å². The van der Waals surface area contributed by atoms with Crippen LogP contribution in [-0.4, -0.2) is 19.7 Å². The van der Waals surface area contributed by atoms with Gasteiger partial charge in [-0.1, -0.05) is 11.8 Å². The third-order valence-electron chi connectivity index (χ3n) is 3.46. The lowest BCUT2D eigenvalue weighted by Gasteiger charge is -2.08. The Morgan fingerprint density at radius 1 is 1.27 bits per heavy atom. The van der Waals surface area contributed by atoms with Crippen LogP contribution in [0.1, 0.15) is 29.1 Å². The molecule has 3 heterocycles. The van der Waals surface area contributed by atoms with Crippen molar-refractivity contribution in [3.05, 3.63) is 32.6 Å². The lowest BCUT2D eigenvalue weighted by Crippen LogP contribution is -2.22. The number of rotatable bonds is 4. The number of thiophene rings is 1. The normalized spacial score (nSPS) is 11.5. The quantitative estimate of drug-likeness (QED) is 0.538. The predicted octanol–water partition coefficient (Wildman–Crippen LogP) is 3.08. The van der Waals surface area contributed by atoms with Crippen LogP contribution in [-0.2, 0) is 12.3 Å². The zero-order valence-corrected chi connectivity index (χ0v) is 14.5. The molecule has 0 unspecified atom stereocenters. The summed E-state index contributed by atoms with van der Waals surface area (Å²) in [6, 6.07) is 0. The van der Waals surface area contributed by atoms with Gasteiger partial charge in [0.2, 0.25) is 11.8 Å². The summed E-state index contributed by atoms with van der Waals surface area (Å²) in [6.07, 6.45) is 0. The minimum atomic E-state index is 0.0264. The van der Waals surface area contributed by atoms with Crippen molar-refractivity contribution in [2.45, 2.75) is 45.1 Å². The van der Waals surface area contributed by atoms with Gasteiger partial charge in [-0.2, -0.15) is 0 Å². The Kier molecular flexibility index (Phi) is 4.05. The maximum Gasteiger partial charge on any atom is 0.263 e. The fraction of sp³-hybridized carbons (Fsp3) is 0.429. The van der Waals surface area contributed by atoms with Crippen LogP contribution in [0, 0.1) is 20.8 Å². The molecule has 116 valence electrons. The van der Waals surface area contributed by atoms with Crippen LogP contribution < -0.4 is 5.56 Å². The summed E-state index contributed by atoms with van der Waals surface area (Å²) in [6.45, 7) is 8.28. The first-order chi connectivity index (χ1) is 10.5. The maximum atomic E-state index is 12.7. The van der Waals surface area contributed by atoms with E-state index in [0.717, 1.165) is 20.7 Å². The van der Waals surface area contributed by atoms with Crippen molar-refractivity contribution in [2.75, 3.05) is 0 Å². The van der Waals surface area contributed by atoms with Crippen LogP contribution in [0.3, 0.4) is 0 Å². The molecule has 3 aromatic rings. The second-order valence-corrected chi connectivity index (χ2v) is 7.06. The number of nitrogens with zero attached hydrogens (tertiary/aromatic N) is 4. The topological polar surface area (TPSA) is 73.8 Å². The van der Waals surface area contributed by atoms with E-state index in [0.29, 0.717) is 29.2 Å². The van der Waals surface area contributed by atoms with Gasteiger partial charge in [0.1, 0.15) is 4.83 Å². The van der Waals surface area contributed by atoms with E-state index in [4.69, 9.17) is 4.42 Å². The SMILES string of the molecule is CCn1c(SCc2nnc(C)o2)nc2sc(C)c(C)c2c1=O. The molecule has 0 aliphatic carbocycles. The van der Waals surface area contributed by atoms with Crippen LogP contribution in [0.15, 0.2) is 14.4 Å². The molecule has 0 aliphatic heterocycles. The molecule has 0 spiro atoms. The van der Waals surface area contributed by atoms with Gasteiger partial charge in [0.15, 0.2) is 5.16 Å². The third kappa shape index (κ3) is 2.56. The maximum absolute atomic E-state index is 12.7. The van der Waals surface area contributed by atoms with E-state index in [1.165, 1.54) is 11.8 Å². The van der Waals surface area contributed by atoms with E-state index in [2.05, 4.69) is 15.2 Å². The summed E-state index contributed by atoms with van der Waals surface area (Å²) in [5.74, 6) is 1.58. The number of aromatic nitrogens is 4. The van der Waals surface area contributed by atoms with Crippen molar-refractivity contribution < 1.29 is 4.42 Å². The monoisotopic (exact) mass is 336 g/mol. The number of hydrogen-bond acceptors (Lipinski definition) is 7. The predicted molar refractivity (Wildman–Crippen MR) is 87.6 cm³/mol. The summed E-state index contributed by atoms with van der Waals surface area (Å²) >= 11 is 3.01. The van der Waals surface area contributed by atoms with E-state index in [1.807, 2.05) is 20.8 Å². The first kappa shape index (κ1) is 15.2. The van der Waals surface area contributed by atoms with E-state index in [1.54, 1.807) is 22.8 Å².